The first-order valence-electron chi connectivity index (χ1n) is 5.80. The van der Waals surface area contributed by atoms with E-state index in [9.17, 15) is 0 Å². The van der Waals surface area contributed by atoms with Crippen molar-refractivity contribution in [3.8, 4) is 0 Å². The molecular weight excluding hydrogens is 202 g/mol. The quantitative estimate of drug-likeness (QED) is 0.795. The van der Waals surface area contributed by atoms with Crippen LogP contribution in [0, 0.1) is 0 Å². The molecule has 2 unspecified atom stereocenters. The Hall–Kier alpha value is -1.42. The summed E-state index contributed by atoms with van der Waals surface area (Å²) in [5.41, 5.74) is 7.45. The summed E-state index contributed by atoms with van der Waals surface area (Å²) < 4.78 is 5.73. The van der Waals surface area contributed by atoms with E-state index in [0.717, 1.165) is 37.2 Å². The Balaban J connectivity index is 1.93. The average molecular weight is 217 g/mol. The molecule has 4 nitrogen and oxygen atoms in total. The monoisotopic (exact) mass is 217 g/mol. The number of hydrogen-bond donors (Lipinski definition) is 1. The highest BCUT2D eigenvalue weighted by molar-refractivity contribution is 5.66. The molecule has 2 heterocycles. The molecule has 0 amide bonds. The van der Waals surface area contributed by atoms with Crippen LogP contribution in [-0.2, 0) is 0 Å². The number of rotatable bonds is 1. The first-order valence-corrected chi connectivity index (χ1v) is 5.80. The maximum Gasteiger partial charge on any atom is 0.200 e. The third-order valence-corrected chi connectivity index (χ3v) is 3.25. The molecule has 0 aromatic carbocycles. The summed E-state index contributed by atoms with van der Waals surface area (Å²) in [5, 5.41) is 0. The molecule has 3 rings (SSSR count). The smallest absolute Gasteiger partial charge is 0.200 e. The molecule has 1 aliphatic carbocycles. The zero-order valence-electron chi connectivity index (χ0n) is 9.10. The van der Waals surface area contributed by atoms with Crippen LogP contribution in [0.1, 0.15) is 37.5 Å². The summed E-state index contributed by atoms with van der Waals surface area (Å²) in [4.78, 5) is 8.62. The Labute approximate surface area is 93.9 Å². The van der Waals surface area contributed by atoms with Crippen LogP contribution in [0.2, 0.25) is 0 Å². The molecule has 0 saturated heterocycles. The van der Waals surface area contributed by atoms with Crippen molar-refractivity contribution in [1.82, 2.24) is 9.97 Å². The largest absolute Gasteiger partial charge is 0.439 e. The lowest BCUT2D eigenvalue weighted by Crippen LogP contribution is -2.26. The fourth-order valence-corrected chi connectivity index (χ4v) is 2.41. The maximum absolute atomic E-state index is 5.97. The first kappa shape index (κ1) is 9.78. The van der Waals surface area contributed by atoms with Crippen molar-refractivity contribution < 1.29 is 4.42 Å². The van der Waals surface area contributed by atoms with Crippen LogP contribution in [0.15, 0.2) is 22.7 Å². The normalized spacial score (nSPS) is 26.1. The van der Waals surface area contributed by atoms with Gasteiger partial charge in [0.05, 0.1) is 0 Å². The van der Waals surface area contributed by atoms with E-state index in [-0.39, 0.29) is 0 Å². The summed E-state index contributed by atoms with van der Waals surface area (Å²) in [6, 6.07) is 4.06. The van der Waals surface area contributed by atoms with Gasteiger partial charge in [0.25, 0.3) is 0 Å². The van der Waals surface area contributed by atoms with Crippen molar-refractivity contribution in [3.63, 3.8) is 0 Å². The molecule has 4 heteroatoms. The molecule has 1 aliphatic rings. The van der Waals surface area contributed by atoms with Crippen molar-refractivity contribution >= 4 is 11.2 Å². The Bertz CT molecular complexity index is 461. The standard InChI is InChI=1S/C12H15N3O/c13-9-4-1-3-8(7-9)12-15-11-10(16-12)5-2-6-14-11/h2,5-6,8-9H,1,3-4,7,13H2. The fourth-order valence-electron chi connectivity index (χ4n) is 2.41. The van der Waals surface area contributed by atoms with Gasteiger partial charge in [0.15, 0.2) is 17.1 Å². The van der Waals surface area contributed by atoms with Gasteiger partial charge in [0, 0.05) is 18.2 Å². The summed E-state index contributed by atoms with van der Waals surface area (Å²) in [5.74, 6) is 1.18. The van der Waals surface area contributed by atoms with Crippen LogP contribution in [0.4, 0.5) is 0 Å². The van der Waals surface area contributed by atoms with Gasteiger partial charge < -0.3 is 10.2 Å². The molecule has 2 aromatic heterocycles. The summed E-state index contributed by atoms with van der Waals surface area (Å²) in [6.07, 6.45) is 6.13. The number of aromatic nitrogens is 2. The van der Waals surface area contributed by atoms with Crippen LogP contribution in [0.3, 0.4) is 0 Å². The minimum absolute atomic E-state index is 0.293. The molecule has 84 valence electrons. The Morgan fingerprint density at radius 3 is 3.12 bits per heavy atom. The van der Waals surface area contributed by atoms with Crippen molar-refractivity contribution in [2.24, 2.45) is 5.73 Å². The Morgan fingerprint density at radius 1 is 1.38 bits per heavy atom. The number of oxazole rings is 1. The van der Waals surface area contributed by atoms with Crippen LogP contribution < -0.4 is 5.73 Å². The second kappa shape index (κ2) is 3.87. The summed E-state index contributed by atoms with van der Waals surface area (Å²) >= 11 is 0. The van der Waals surface area contributed by atoms with Gasteiger partial charge in [-0.25, -0.2) is 4.98 Å². The molecule has 0 aliphatic heterocycles. The van der Waals surface area contributed by atoms with Gasteiger partial charge in [-0.1, -0.05) is 6.42 Å². The van der Waals surface area contributed by atoms with Crippen LogP contribution >= 0.6 is 0 Å². The highest BCUT2D eigenvalue weighted by atomic mass is 16.3. The van der Waals surface area contributed by atoms with E-state index in [1.54, 1.807) is 6.20 Å². The van der Waals surface area contributed by atoms with Gasteiger partial charge in [-0.2, -0.15) is 4.98 Å². The van der Waals surface area contributed by atoms with E-state index in [4.69, 9.17) is 10.2 Å². The van der Waals surface area contributed by atoms with Gasteiger partial charge in [-0.15, -0.1) is 0 Å². The lowest BCUT2D eigenvalue weighted by atomic mass is 9.86. The van der Waals surface area contributed by atoms with Crippen molar-refractivity contribution in [2.75, 3.05) is 0 Å². The molecule has 1 fully saturated rings. The van der Waals surface area contributed by atoms with Gasteiger partial charge >= 0.3 is 0 Å². The molecule has 2 aromatic rings. The van der Waals surface area contributed by atoms with Crippen LogP contribution in [0.25, 0.3) is 11.2 Å². The number of hydrogen-bond acceptors (Lipinski definition) is 4. The topological polar surface area (TPSA) is 64.9 Å². The third kappa shape index (κ3) is 1.69. The van der Waals surface area contributed by atoms with Gasteiger partial charge in [-0.3, -0.25) is 0 Å². The van der Waals surface area contributed by atoms with E-state index in [1.165, 1.54) is 0 Å². The number of nitrogens with two attached hydrogens (primary N) is 1. The van der Waals surface area contributed by atoms with E-state index in [2.05, 4.69) is 9.97 Å². The number of fused-ring (bicyclic) bond motifs is 1. The predicted octanol–water partition coefficient (Wildman–Crippen LogP) is 2.21. The molecule has 2 N–H and O–H groups in total. The maximum atomic E-state index is 5.97. The number of pyridine rings is 1. The molecule has 0 radical (unpaired) electrons. The van der Waals surface area contributed by atoms with E-state index in [0.29, 0.717) is 17.6 Å². The van der Waals surface area contributed by atoms with Crippen molar-refractivity contribution in [1.29, 1.82) is 0 Å². The van der Waals surface area contributed by atoms with Gasteiger partial charge in [0.1, 0.15) is 0 Å². The zero-order chi connectivity index (χ0) is 11.0. The highest BCUT2D eigenvalue weighted by Gasteiger charge is 2.24. The SMILES string of the molecule is NC1CCCC(c2nc3ncccc3o2)C1. The van der Waals surface area contributed by atoms with Crippen molar-refractivity contribution in [3.05, 3.63) is 24.2 Å². The van der Waals surface area contributed by atoms with Gasteiger partial charge in [0.2, 0.25) is 0 Å². The van der Waals surface area contributed by atoms with E-state index >= 15 is 0 Å². The lowest BCUT2D eigenvalue weighted by molar-refractivity contribution is 0.343. The molecular formula is C12H15N3O. The second-order valence-electron chi connectivity index (χ2n) is 4.50. The Morgan fingerprint density at radius 2 is 2.31 bits per heavy atom. The molecule has 2 atom stereocenters. The van der Waals surface area contributed by atoms with Crippen LogP contribution in [-0.4, -0.2) is 16.0 Å². The van der Waals surface area contributed by atoms with Crippen LogP contribution in [0.5, 0.6) is 0 Å². The molecule has 1 saturated carbocycles. The molecule has 16 heavy (non-hydrogen) atoms. The van der Waals surface area contributed by atoms with E-state index < -0.39 is 0 Å². The minimum Gasteiger partial charge on any atom is -0.439 e. The third-order valence-electron chi connectivity index (χ3n) is 3.25. The fraction of sp³-hybridized carbons (Fsp3) is 0.500. The highest BCUT2D eigenvalue weighted by Crippen LogP contribution is 2.32. The predicted molar refractivity (Wildman–Crippen MR) is 61.0 cm³/mol. The summed E-state index contributed by atoms with van der Waals surface area (Å²) in [7, 11) is 0. The van der Waals surface area contributed by atoms with Gasteiger partial charge in [-0.05, 0) is 31.4 Å². The lowest BCUT2D eigenvalue weighted by Gasteiger charge is -2.23. The van der Waals surface area contributed by atoms with E-state index in [1.807, 2.05) is 12.1 Å². The molecule has 0 bridgehead atoms. The number of nitrogens with zero attached hydrogens (tertiary/aromatic N) is 2. The zero-order valence-corrected chi connectivity index (χ0v) is 9.10. The molecule has 0 spiro atoms. The van der Waals surface area contributed by atoms with Crippen molar-refractivity contribution in [2.45, 2.75) is 37.6 Å². The Kier molecular flexibility index (Phi) is 2.36. The minimum atomic E-state index is 0.293. The average Bonchev–Trinajstić information content (AvgIpc) is 2.72. The summed E-state index contributed by atoms with van der Waals surface area (Å²) in [6.45, 7) is 0. The second-order valence-corrected chi connectivity index (χ2v) is 4.50. The first-order chi connectivity index (χ1) is 7.83.